The number of nitrogens with one attached hydrogen (secondary N) is 2. The van der Waals surface area contributed by atoms with E-state index in [-0.39, 0.29) is 17.5 Å². The molecule has 1 aromatic carbocycles. The first-order chi connectivity index (χ1) is 8.81. The third kappa shape index (κ3) is 5.64. The highest BCUT2D eigenvalue weighted by Gasteiger charge is 2.18. The summed E-state index contributed by atoms with van der Waals surface area (Å²) in [5, 5.41) is 6.11. The summed E-state index contributed by atoms with van der Waals surface area (Å²) < 4.78 is 5.37. The van der Waals surface area contributed by atoms with E-state index < -0.39 is 0 Å². The number of hydrogen-bond donors (Lipinski definition) is 2. The van der Waals surface area contributed by atoms with Gasteiger partial charge in [-0.1, -0.05) is 0 Å². The van der Waals surface area contributed by atoms with Crippen LogP contribution in [0.4, 0.5) is 5.69 Å². The lowest BCUT2D eigenvalue weighted by Gasteiger charge is -2.24. The van der Waals surface area contributed by atoms with Crippen molar-refractivity contribution < 1.29 is 9.53 Å². The van der Waals surface area contributed by atoms with Gasteiger partial charge in [-0.2, -0.15) is 0 Å². The number of benzene rings is 1. The lowest BCUT2D eigenvalue weighted by molar-refractivity contribution is -0.122. The summed E-state index contributed by atoms with van der Waals surface area (Å²) >= 11 is 0. The quantitative estimate of drug-likeness (QED) is 0.859. The molecule has 0 aliphatic heterocycles. The standard InChI is InChI=1S/C15H24N2O2/c1-6-19-13-9-7-12(8-10-13)16-11(2)14(18)17-15(3,4)5/h7-11,16H,6H2,1-5H3,(H,17,18). The Morgan fingerprint density at radius 3 is 2.32 bits per heavy atom. The molecular weight excluding hydrogens is 240 g/mol. The van der Waals surface area contributed by atoms with Gasteiger partial charge >= 0.3 is 0 Å². The number of carbonyl (C=O) groups excluding carboxylic acids is 1. The lowest BCUT2D eigenvalue weighted by Crippen LogP contribution is -2.47. The van der Waals surface area contributed by atoms with Gasteiger partial charge in [0.2, 0.25) is 5.91 Å². The molecule has 0 radical (unpaired) electrons. The molecule has 0 aliphatic rings. The van der Waals surface area contributed by atoms with Crippen molar-refractivity contribution in [1.82, 2.24) is 5.32 Å². The molecule has 1 rings (SSSR count). The molecule has 0 aliphatic carbocycles. The SMILES string of the molecule is CCOc1ccc(NC(C)C(=O)NC(C)(C)C)cc1. The Morgan fingerprint density at radius 1 is 1.26 bits per heavy atom. The van der Waals surface area contributed by atoms with Gasteiger partial charge in [0, 0.05) is 11.2 Å². The average Bonchev–Trinajstić information content (AvgIpc) is 2.29. The molecular formula is C15H24N2O2. The molecule has 2 N–H and O–H groups in total. The summed E-state index contributed by atoms with van der Waals surface area (Å²) in [5.41, 5.74) is 0.686. The summed E-state index contributed by atoms with van der Waals surface area (Å²) in [6.07, 6.45) is 0. The number of hydrogen-bond acceptors (Lipinski definition) is 3. The first kappa shape index (κ1) is 15.3. The van der Waals surface area contributed by atoms with Crippen LogP contribution in [0.2, 0.25) is 0 Å². The fraction of sp³-hybridized carbons (Fsp3) is 0.533. The van der Waals surface area contributed by atoms with Crippen LogP contribution in [0.1, 0.15) is 34.6 Å². The molecule has 0 heterocycles. The van der Waals surface area contributed by atoms with Gasteiger partial charge < -0.3 is 15.4 Å². The van der Waals surface area contributed by atoms with Gasteiger partial charge in [0.25, 0.3) is 0 Å². The number of carbonyl (C=O) groups is 1. The minimum Gasteiger partial charge on any atom is -0.494 e. The van der Waals surface area contributed by atoms with Gasteiger partial charge in [-0.05, 0) is 58.9 Å². The van der Waals surface area contributed by atoms with Crippen LogP contribution in [0, 0.1) is 0 Å². The Kier molecular flexibility index (Phi) is 5.21. The summed E-state index contributed by atoms with van der Waals surface area (Å²) in [6, 6.07) is 7.31. The molecule has 0 aromatic heterocycles. The maximum Gasteiger partial charge on any atom is 0.242 e. The predicted molar refractivity (Wildman–Crippen MR) is 78.6 cm³/mol. The molecule has 4 heteroatoms. The molecule has 1 amide bonds. The maximum absolute atomic E-state index is 11.9. The van der Waals surface area contributed by atoms with Crippen LogP contribution in [0.15, 0.2) is 24.3 Å². The second-order valence-corrected chi connectivity index (χ2v) is 5.56. The van der Waals surface area contributed by atoms with Gasteiger partial charge in [0.15, 0.2) is 0 Å². The van der Waals surface area contributed by atoms with Gasteiger partial charge in [-0.25, -0.2) is 0 Å². The molecule has 4 nitrogen and oxygen atoms in total. The van der Waals surface area contributed by atoms with Gasteiger partial charge in [-0.15, -0.1) is 0 Å². The second kappa shape index (κ2) is 6.45. The topological polar surface area (TPSA) is 50.4 Å². The third-order valence-corrected chi connectivity index (χ3v) is 2.44. The Labute approximate surface area is 115 Å². The average molecular weight is 264 g/mol. The van der Waals surface area contributed by atoms with Gasteiger partial charge in [-0.3, -0.25) is 4.79 Å². The molecule has 0 saturated heterocycles. The summed E-state index contributed by atoms with van der Waals surface area (Å²) in [5.74, 6) is 0.821. The Bertz CT molecular complexity index is 407. The van der Waals surface area contributed by atoms with Crippen LogP contribution < -0.4 is 15.4 Å². The summed E-state index contributed by atoms with van der Waals surface area (Å²) in [7, 11) is 0. The van der Waals surface area contributed by atoms with Crippen LogP contribution in [0.3, 0.4) is 0 Å². The zero-order valence-electron chi connectivity index (χ0n) is 12.4. The van der Waals surface area contributed by atoms with Crippen LogP contribution in [-0.2, 0) is 4.79 Å². The Hall–Kier alpha value is -1.71. The molecule has 0 saturated carbocycles. The van der Waals surface area contributed by atoms with E-state index in [1.807, 2.05) is 58.9 Å². The van der Waals surface area contributed by atoms with E-state index in [0.717, 1.165) is 11.4 Å². The monoisotopic (exact) mass is 264 g/mol. The van der Waals surface area contributed by atoms with Crippen molar-refractivity contribution in [2.24, 2.45) is 0 Å². The van der Waals surface area contributed by atoms with E-state index in [2.05, 4.69) is 10.6 Å². The van der Waals surface area contributed by atoms with Crippen molar-refractivity contribution in [3.8, 4) is 5.75 Å². The molecule has 0 bridgehead atoms. The number of amides is 1. The molecule has 106 valence electrons. The Morgan fingerprint density at radius 2 is 1.84 bits per heavy atom. The van der Waals surface area contributed by atoms with Crippen molar-refractivity contribution in [1.29, 1.82) is 0 Å². The van der Waals surface area contributed by atoms with Gasteiger partial charge in [0.1, 0.15) is 11.8 Å². The molecule has 19 heavy (non-hydrogen) atoms. The van der Waals surface area contributed by atoms with E-state index in [1.165, 1.54) is 0 Å². The molecule has 0 fully saturated rings. The molecule has 1 unspecified atom stereocenters. The van der Waals surface area contributed by atoms with Crippen molar-refractivity contribution >= 4 is 11.6 Å². The van der Waals surface area contributed by atoms with E-state index in [0.29, 0.717) is 6.61 Å². The van der Waals surface area contributed by atoms with E-state index in [9.17, 15) is 4.79 Å². The number of anilines is 1. The summed E-state index contributed by atoms with van der Waals surface area (Å²) in [6.45, 7) is 10.3. The van der Waals surface area contributed by atoms with Crippen molar-refractivity contribution in [3.05, 3.63) is 24.3 Å². The lowest BCUT2D eigenvalue weighted by atomic mass is 10.1. The highest BCUT2D eigenvalue weighted by molar-refractivity contribution is 5.84. The van der Waals surface area contributed by atoms with Crippen LogP contribution >= 0.6 is 0 Å². The molecule has 1 aromatic rings. The highest BCUT2D eigenvalue weighted by atomic mass is 16.5. The van der Waals surface area contributed by atoms with Crippen LogP contribution in [0.25, 0.3) is 0 Å². The Balaban J connectivity index is 2.56. The fourth-order valence-corrected chi connectivity index (χ4v) is 1.61. The minimum atomic E-state index is -0.280. The smallest absolute Gasteiger partial charge is 0.242 e. The van der Waals surface area contributed by atoms with Crippen LogP contribution in [0.5, 0.6) is 5.75 Å². The minimum absolute atomic E-state index is 0.0126. The first-order valence-electron chi connectivity index (χ1n) is 6.63. The highest BCUT2D eigenvalue weighted by Crippen LogP contribution is 2.16. The number of rotatable bonds is 5. The second-order valence-electron chi connectivity index (χ2n) is 5.56. The molecule has 1 atom stereocenters. The van der Waals surface area contributed by atoms with E-state index in [4.69, 9.17) is 4.74 Å². The fourth-order valence-electron chi connectivity index (χ4n) is 1.61. The van der Waals surface area contributed by atoms with Crippen molar-refractivity contribution in [2.45, 2.75) is 46.2 Å². The third-order valence-electron chi connectivity index (χ3n) is 2.44. The van der Waals surface area contributed by atoms with Gasteiger partial charge in [0.05, 0.1) is 6.61 Å². The predicted octanol–water partition coefficient (Wildman–Crippen LogP) is 2.80. The van der Waals surface area contributed by atoms with E-state index in [1.54, 1.807) is 0 Å². The number of ether oxygens (including phenoxy) is 1. The van der Waals surface area contributed by atoms with E-state index >= 15 is 0 Å². The summed E-state index contributed by atoms with van der Waals surface area (Å²) in [4.78, 5) is 11.9. The van der Waals surface area contributed by atoms with Crippen molar-refractivity contribution in [2.75, 3.05) is 11.9 Å². The van der Waals surface area contributed by atoms with Crippen LogP contribution in [-0.4, -0.2) is 24.1 Å². The molecule has 0 spiro atoms. The zero-order valence-corrected chi connectivity index (χ0v) is 12.4. The largest absolute Gasteiger partial charge is 0.494 e. The first-order valence-corrected chi connectivity index (χ1v) is 6.63. The normalized spacial score (nSPS) is 12.7. The zero-order chi connectivity index (χ0) is 14.5. The maximum atomic E-state index is 11.9. The van der Waals surface area contributed by atoms with Crippen molar-refractivity contribution in [3.63, 3.8) is 0 Å².